The van der Waals surface area contributed by atoms with Crippen molar-refractivity contribution in [1.82, 2.24) is 24.8 Å². The highest BCUT2D eigenvalue weighted by molar-refractivity contribution is 7.99. The van der Waals surface area contributed by atoms with E-state index in [9.17, 15) is 13.2 Å². The van der Waals surface area contributed by atoms with E-state index in [4.69, 9.17) is 9.47 Å². The number of carbonyl (C=O) groups excluding carboxylic acids is 1. The number of nitrogens with zero attached hydrogens (tertiary/aromatic N) is 3. The molecule has 12 heteroatoms. The summed E-state index contributed by atoms with van der Waals surface area (Å²) in [5, 5.41) is 10.1. The van der Waals surface area contributed by atoms with E-state index in [0.717, 1.165) is 0 Å². The molecule has 0 unspecified atom stereocenters. The Kier molecular flexibility index (Phi) is 7.56. The van der Waals surface area contributed by atoms with Crippen LogP contribution in [0.15, 0.2) is 34.6 Å². The lowest BCUT2D eigenvalue weighted by atomic mass is 9.99. The van der Waals surface area contributed by atoms with Crippen LogP contribution in [0, 0.1) is 5.92 Å². The van der Waals surface area contributed by atoms with Gasteiger partial charge in [-0.25, -0.2) is 13.4 Å². The Morgan fingerprint density at radius 2 is 2.13 bits per heavy atom. The minimum Gasteiger partial charge on any atom is -0.493 e. The lowest BCUT2D eigenvalue weighted by molar-refractivity contribution is -0.125. The molecule has 2 heterocycles. The summed E-state index contributed by atoms with van der Waals surface area (Å²) in [4.78, 5) is 16.7. The van der Waals surface area contributed by atoms with Gasteiger partial charge in [0.1, 0.15) is 6.33 Å². The van der Waals surface area contributed by atoms with Gasteiger partial charge in [-0.05, 0) is 25.0 Å². The first kappa shape index (κ1) is 22.4. The average Bonchev–Trinajstić information content (AvgIpc) is 3.29. The first-order valence-electron chi connectivity index (χ1n) is 9.43. The van der Waals surface area contributed by atoms with Crippen LogP contribution in [0.3, 0.4) is 0 Å². The molecule has 1 saturated heterocycles. The van der Waals surface area contributed by atoms with Crippen molar-refractivity contribution in [3.63, 3.8) is 0 Å². The van der Waals surface area contributed by atoms with Gasteiger partial charge in [0.15, 0.2) is 16.7 Å². The number of ether oxygens (including phenoxy) is 2. The van der Waals surface area contributed by atoms with Gasteiger partial charge in [0.2, 0.25) is 15.9 Å². The highest BCUT2D eigenvalue weighted by Gasteiger charge is 2.33. The normalized spacial score (nSPS) is 17.5. The standard InChI is InChI=1S/C18H25N5O5S2/c1-27-15-6-5-14(10-16(15)28-2)30(25,26)23-8-3-4-13(11-23)17(24)19-7-9-29-18-20-12-21-22-18/h5-6,10,12-13H,3-4,7-9,11H2,1-2H3,(H,19,24)(H,20,21,22)/t13-/m0/s1. The number of carbonyl (C=O) groups is 1. The molecule has 3 rings (SSSR count). The van der Waals surface area contributed by atoms with Crippen LogP contribution >= 0.6 is 11.8 Å². The summed E-state index contributed by atoms with van der Waals surface area (Å²) in [5.74, 6) is 0.912. The number of sulfonamides is 1. The Balaban J connectivity index is 1.59. The highest BCUT2D eigenvalue weighted by Crippen LogP contribution is 2.32. The summed E-state index contributed by atoms with van der Waals surface area (Å²) in [6.45, 7) is 0.989. The lowest BCUT2D eigenvalue weighted by Gasteiger charge is -2.31. The third kappa shape index (κ3) is 5.24. The Labute approximate surface area is 179 Å². The van der Waals surface area contributed by atoms with Gasteiger partial charge in [0, 0.05) is 31.5 Å². The van der Waals surface area contributed by atoms with Crippen LogP contribution < -0.4 is 14.8 Å². The van der Waals surface area contributed by atoms with Gasteiger partial charge in [-0.3, -0.25) is 9.89 Å². The molecule has 2 aromatic rings. The van der Waals surface area contributed by atoms with Crippen LogP contribution in [0.4, 0.5) is 0 Å². The summed E-state index contributed by atoms with van der Waals surface area (Å²) in [5.41, 5.74) is 0. The Morgan fingerprint density at radius 1 is 1.33 bits per heavy atom. The molecular weight excluding hydrogens is 430 g/mol. The van der Waals surface area contributed by atoms with E-state index in [1.807, 2.05) is 0 Å². The smallest absolute Gasteiger partial charge is 0.243 e. The quantitative estimate of drug-likeness (QED) is 0.426. The van der Waals surface area contributed by atoms with Crippen molar-refractivity contribution in [3.8, 4) is 11.5 Å². The number of amides is 1. The number of aromatic nitrogens is 3. The fourth-order valence-corrected chi connectivity index (χ4v) is 5.41. The van der Waals surface area contributed by atoms with Gasteiger partial charge < -0.3 is 14.8 Å². The predicted octanol–water partition coefficient (Wildman–Crippen LogP) is 1.13. The molecule has 30 heavy (non-hydrogen) atoms. The summed E-state index contributed by atoms with van der Waals surface area (Å²) in [7, 11) is -0.802. The fourth-order valence-electron chi connectivity index (χ4n) is 3.23. The number of hydrogen-bond donors (Lipinski definition) is 2. The van der Waals surface area contributed by atoms with Crippen LogP contribution in [-0.2, 0) is 14.8 Å². The van der Waals surface area contributed by atoms with E-state index >= 15 is 0 Å². The maximum Gasteiger partial charge on any atom is 0.243 e. The summed E-state index contributed by atoms with van der Waals surface area (Å²) < 4.78 is 37.9. The molecule has 10 nitrogen and oxygen atoms in total. The SMILES string of the molecule is COc1ccc(S(=O)(=O)N2CCC[C@H](C(=O)NCCSc3ncn[nH]3)C2)cc1OC. The number of H-pyrrole nitrogens is 1. The second kappa shape index (κ2) is 10.1. The second-order valence-electron chi connectivity index (χ2n) is 6.65. The Bertz CT molecular complexity index is 952. The van der Waals surface area contributed by atoms with Gasteiger partial charge in [0.25, 0.3) is 0 Å². The molecule has 0 spiro atoms. The van der Waals surface area contributed by atoms with Gasteiger partial charge in [-0.15, -0.1) is 0 Å². The highest BCUT2D eigenvalue weighted by atomic mass is 32.2. The van der Waals surface area contributed by atoms with E-state index < -0.39 is 10.0 Å². The van der Waals surface area contributed by atoms with Crippen molar-refractivity contribution in [2.24, 2.45) is 5.92 Å². The van der Waals surface area contributed by atoms with Crippen molar-refractivity contribution in [1.29, 1.82) is 0 Å². The first-order chi connectivity index (χ1) is 14.5. The first-order valence-corrected chi connectivity index (χ1v) is 11.9. The van der Waals surface area contributed by atoms with Crippen LogP contribution in [0.25, 0.3) is 0 Å². The van der Waals surface area contributed by atoms with Crippen LogP contribution in [-0.4, -0.2) is 73.4 Å². The van der Waals surface area contributed by atoms with Gasteiger partial charge in [-0.1, -0.05) is 11.8 Å². The van der Waals surface area contributed by atoms with Crippen molar-refractivity contribution >= 4 is 27.7 Å². The number of piperidine rings is 1. The number of hydrogen-bond acceptors (Lipinski definition) is 8. The van der Waals surface area contributed by atoms with Crippen LogP contribution in [0.2, 0.25) is 0 Å². The maximum absolute atomic E-state index is 13.1. The summed E-state index contributed by atoms with van der Waals surface area (Å²) >= 11 is 1.45. The Morgan fingerprint density at radius 3 is 2.83 bits per heavy atom. The average molecular weight is 456 g/mol. The largest absolute Gasteiger partial charge is 0.493 e. The summed E-state index contributed by atoms with van der Waals surface area (Å²) in [6, 6.07) is 4.49. The van der Waals surface area contributed by atoms with Crippen molar-refractivity contribution < 1.29 is 22.7 Å². The molecule has 1 aromatic heterocycles. The molecule has 1 atom stereocenters. The minimum atomic E-state index is -3.75. The zero-order valence-corrected chi connectivity index (χ0v) is 18.5. The molecule has 0 bridgehead atoms. The van der Waals surface area contributed by atoms with Gasteiger partial charge in [0.05, 0.1) is 25.0 Å². The van der Waals surface area contributed by atoms with Crippen molar-refractivity contribution in [2.45, 2.75) is 22.9 Å². The molecule has 1 amide bonds. The van der Waals surface area contributed by atoms with Crippen LogP contribution in [0.5, 0.6) is 11.5 Å². The predicted molar refractivity (Wildman–Crippen MR) is 111 cm³/mol. The molecule has 2 N–H and O–H groups in total. The molecule has 0 aliphatic carbocycles. The van der Waals surface area contributed by atoms with Gasteiger partial charge in [-0.2, -0.15) is 9.40 Å². The second-order valence-corrected chi connectivity index (χ2v) is 9.67. The monoisotopic (exact) mass is 455 g/mol. The third-order valence-electron chi connectivity index (χ3n) is 4.78. The van der Waals surface area contributed by atoms with E-state index in [0.29, 0.717) is 48.3 Å². The van der Waals surface area contributed by atoms with Crippen molar-refractivity contribution in [2.75, 3.05) is 39.6 Å². The molecule has 164 valence electrons. The molecular formula is C18H25N5O5S2. The number of nitrogens with one attached hydrogen (secondary N) is 2. The molecule has 1 aliphatic rings. The zero-order valence-electron chi connectivity index (χ0n) is 16.8. The minimum absolute atomic E-state index is 0.115. The topological polar surface area (TPSA) is 127 Å². The Hall–Kier alpha value is -2.31. The molecule has 1 fully saturated rings. The van der Waals surface area contributed by atoms with E-state index in [2.05, 4.69) is 20.5 Å². The molecule has 0 saturated carbocycles. The number of thioether (sulfide) groups is 1. The third-order valence-corrected chi connectivity index (χ3v) is 7.52. The van der Waals surface area contributed by atoms with Crippen LogP contribution in [0.1, 0.15) is 12.8 Å². The maximum atomic E-state index is 13.1. The lowest BCUT2D eigenvalue weighted by Crippen LogP contribution is -2.45. The number of aromatic amines is 1. The number of benzene rings is 1. The zero-order chi connectivity index (χ0) is 21.6. The fraction of sp³-hybridized carbons (Fsp3) is 0.500. The summed E-state index contributed by atoms with van der Waals surface area (Å²) in [6.07, 6.45) is 2.70. The number of methoxy groups -OCH3 is 2. The molecule has 1 aliphatic heterocycles. The number of rotatable bonds is 9. The van der Waals surface area contributed by atoms with Gasteiger partial charge >= 0.3 is 0 Å². The molecule has 1 aromatic carbocycles. The molecule has 0 radical (unpaired) electrons. The van der Waals surface area contributed by atoms with E-state index in [1.165, 1.54) is 48.7 Å². The van der Waals surface area contributed by atoms with Crippen molar-refractivity contribution in [3.05, 3.63) is 24.5 Å². The van der Waals surface area contributed by atoms with E-state index in [-0.39, 0.29) is 23.3 Å². The van der Waals surface area contributed by atoms with E-state index in [1.54, 1.807) is 6.07 Å².